The molecule has 1 amide bonds. The lowest BCUT2D eigenvalue weighted by atomic mass is 9.96. The summed E-state index contributed by atoms with van der Waals surface area (Å²) in [6, 6.07) is 2.91. The molecule has 8 heteroatoms. The van der Waals surface area contributed by atoms with Crippen molar-refractivity contribution in [1.29, 1.82) is 0 Å². The third kappa shape index (κ3) is 3.37. The van der Waals surface area contributed by atoms with Crippen LogP contribution in [0.4, 0.5) is 0 Å². The van der Waals surface area contributed by atoms with E-state index in [0.717, 1.165) is 19.3 Å². The molecule has 0 N–H and O–H groups in total. The second kappa shape index (κ2) is 6.94. The third-order valence-corrected chi connectivity index (χ3v) is 4.20. The number of nitrogens with zero attached hydrogens (tertiary/aromatic N) is 5. The van der Waals surface area contributed by atoms with Gasteiger partial charge in [0.1, 0.15) is 5.69 Å². The van der Waals surface area contributed by atoms with E-state index in [1.54, 1.807) is 11.8 Å². The molecule has 0 unspecified atom stereocenters. The Bertz CT molecular complexity index is 774. The van der Waals surface area contributed by atoms with E-state index >= 15 is 0 Å². The Kier molecular flexibility index (Phi) is 4.73. The minimum absolute atomic E-state index is 0.139. The molecule has 0 bridgehead atoms. The maximum Gasteiger partial charge on any atom is 0.274 e. The van der Waals surface area contributed by atoms with Crippen LogP contribution in [0.5, 0.6) is 0 Å². The minimum Gasteiger partial charge on any atom is -0.339 e. The van der Waals surface area contributed by atoms with Crippen LogP contribution in [0.3, 0.4) is 0 Å². The highest BCUT2D eigenvalue weighted by atomic mass is 16.5. The number of hydrogen-bond donors (Lipinski definition) is 0. The molecule has 2 aromatic heterocycles. The van der Waals surface area contributed by atoms with Gasteiger partial charge in [-0.2, -0.15) is 10.1 Å². The van der Waals surface area contributed by atoms with Crippen LogP contribution in [-0.2, 0) is 6.54 Å². The van der Waals surface area contributed by atoms with Crippen LogP contribution >= 0.6 is 0 Å². The van der Waals surface area contributed by atoms with E-state index in [4.69, 9.17) is 4.52 Å². The molecule has 0 aliphatic carbocycles. The van der Waals surface area contributed by atoms with E-state index < -0.39 is 0 Å². The van der Waals surface area contributed by atoms with Crippen LogP contribution in [0.1, 0.15) is 54.3 Å². The predicted molar refractivity (Wildman–Crippen MR) is 85.7 cm³/mol. The summed E-state index contributed by atoms with van der Waals surface area (Å²) in [6.07, 6.45) is 2.35. The van der Waals surface area contributed by atoms with Gasteiger partial charge in [0.05, 0.1) is 0 Å². The number of rotatable bonds is 4. The molecule has 3 heterocycles. The molecule has 0 aromatic carbocycles. The minimum atomic E-state index is -0.182. The van der Waals surface area contributed by atoms with Crippen LogP contribution in [0.2, 0.25) is 0 Å². The van der Waals surface area contributed by atoms with Crippen molar-refractivity contribution >= 4 is 5.91 Å². The maximum absolute atomic E-state index is 12.6. The first-order valence-corrected chi connectivity index (χ1v) is 8.26. The molecule has 0 atom stereocenters. The molecule has 0 radical (unpaired) electrons. The quantitative estimate of drug-likeness (QED) is 0.840. The third-order valence-electron chi connectivity index (χ3n) is 4.20. The molecule has 1 aliphatic rings. The van der Waals surface area contributed by atoms with E-state index in [1.165, 1.54) is 16.8 Å². The number of carbonyl (C=O) groups is 1. The SMILES string of the molecule is CCCn1nc(C(=O)N2CCC(c3nc(C)no3)CC2)ccc1=O. The smallest absolute Gasteiger partial charge is 0.274 e. The Labute approximate surface area is 139 Å². The number of hydrogen-bond acceptors (Lipinski definition) is 6. The fourth-order valence-electron chi connectivity index (χ4n) is 2.91. The topological polar surface area (TPSA) is 94.1 Å². The Morgan fingerprint density at radius 2 is 2.08 bits per heavy atom. The van der Waals surface area contributed by atoms with Crippen molar-refractivity contribution in [2.24, 2.45) is 0 Å². The number of carbonyl (C=O) groups excluding carboxylic acids is 1. The van der Waals surface area contributed by atoms with E-state index in [2.05, 4.69) is 15.2 Å². The molecule has 128 valence electrons. The monoisotopic (exact) mass is 331 g/mol. The molecule has 24 heavy (non-hydrogen) atoms. The molecular formula is C16H21N5O3. The molecule has 2 aromatic rings. The van der Waals surface area contributed by atoms with Gasteiger partial charge in [0, 0.05) is 31.6 Å². The highest BCUT2D eigenvalue weighted by Crippen LogP contribution is 2.27. The molecule has 1 aliphatic heterocycles. The van der Waals surface area contributed by atoms with E-state index in [-0.39, 0.29) is 17.4 Å². The number of aromatic nitrogens is 4. The lowest BCUT2D eigenvalue weighted by molar-refractivity contribution is 0.0695. The molecule has 3 rings (SSSR count). The van der Waals surface area contributed by atoms with E-state index in [0.29, 0.717) is 37.0 Å². The van der Waals surface area contributed by atoms with Gasteiger partial charge >= 0.3 is 0 Å². The van der Waals surface area contributed by atoms with Crippen molar-refractivity contribution in [3.63, 3.8) is 0 Å². The average molecular weight is 331 g/mol. The number of piperidine rings is 1. The van der Waals surface area contributed by atoms with Crippen molar-refractivity contribution in [1.82, 2.24) is 24.8 Å². The molecule has 8 nitrogen and oxygen atoms in total. The summed E-state index contributed by atoms with van der Waals surface area (Å²) in [4.78, 5) is 30.4. The largest absolute Gasteiger partial charge is 0.339 e. The molecule has 1 fully saturated rings. The summed E-state index contributed by atoms with van der Waals surface area (Å²) in [5, 5.41) is 8.01. The van der Waals surface area contributed by atoms with Gasteiger partial charge in [-0.15, -0.1) is 0 Å². The zero-order valence-electron chi connectivity index (χ0n) is 13.9. The fourth-order valence-corrected chi connectivity index (χ4v) is 2.91. The second-order valence-electron chi connectivity index (χ2n) is 6.03. The Balaban J connectivity index is 1.67. The zero-order chi connectivity index (χ0) is 17.1. The van der Waals surface area contributed by atoms with Gasteiger partial charge in [-0.25, -0.2) is 4.68 Å². The molecule has 0 saturated carbocycles. The average Bonchev–Trinajstić information content (AvgIpc) is 3.03. The summed E-state index contributed by atoms with van der Waals surface area (Å²) >= 11 is 0. The summed E-state index contributed by atoms with van der Waals surface area (Å²) in [6.45, 7) is 5.49. The summed E-state index contributed by atoms with van der Waals surface area (Å²) in [5.41, 5.74) is 0.133. The molecular weight excluding hydrogens is 310 g/mol. The summed E-state index contributed by atoms with van der Waals surface area (Å²) in [5.74, 6) is 1.33. The van der Waals surface area contributed by atoms with Crippen molar-refractivity contribution in [2.75, 3.05) is 13.1 Å². The van der Waals surface area contributed by atoms with Gasteiger partial charge in [-0.1, -0.05) is 12.1 Å². The predicted octanol–water partition coefficient (Wildman–Crippen LogP) is 1.36. The first kappa shape index (κ1) is 16.4. The Morgan fingerprint density at radius 1 is 1.33 bits per heavy atom. The number of aryl methyl sites for hydroxylation is 2. The van der Waals surface area contributed by atoms with Gasteiger partial charge in [-0.3, -0.25) is 9.59 Å². The van der Waals surface area contributed by atoms with Crippen molar-refractivity contribution in [3.8, 4) is 0 Å². The van der Waals surface area contributed by atoms with Gasteiger partial charge in [0.25, 0.3) is 11.5 Å². The maximum atomic E-state index is 12.6. The van der Waals surface area contributed by atoms with Crippen LogP contribution in [0, 0.1) is 6.92 Å². The van der Waals surface area contributed by atoms with Gasteiger partial charge in [0.15, 0.2) is 5.82 Å². The van der Waals surface area contributed by atoms with Crippen LogP contribution < -0.4 is 5.56 Å². The number of amides is 1. The van der Waals surface area contributed by atoms with Crippen LogP contribution in [0.25, 0.3) is 0 Å². The fraction of sp³-hybridized carbons (Fsp3) is 0.562. The highest BCUT2D eigenvalue weighted by Gasteiger charge is 2.28. The second-order valence-corrected chi connectivity index (χ2v) is 6.03. The van der Waals surface area contributed by atoms with Crippen molar-refractivity contribution in [2.45, 2.75) is 45.6 Å². The Morgan fingerprint density at radius 3 is 2.71 bits per heavy atom. The van der Waals surface area contributed by atoms with Crippen LogP contribution in [0.15, 0.2) is 21.5 Å². The lowest BCUT2D eigenvalue weighted by Crippen LogP contribution is -2.39. The van der Waals surface area contributed by atoms with E-state index in [1.807, 2.05) is 6.92 Å². The standard InChI is InChI=1S/C16H21N5O3/c1-3-8-21-14(22)5-4-13(18-21)16(23)20-9-6-12(7-10-20)15-17-11(2)19-24-15/h4-5,12H,3,6-10H2,1-2H3. The molecule has 1 saturated heterocycles. The normalized spacial score (nSPS) is 15.7. The Hall–Kier alpha value is -2.51. The van der Waals surface area contributed by atoms with Crippen LogP contribution in [-0.4, -0.2) is 43.8 Å². The van der Waals surface area contributed by atoms with Gasteiger partial charge < -0.3 is 9.42 Å². The van der Waals surface area contributed by atoms with Gasteiger partial charge in [-0.05, 0) is 32.3 Å². The van der Waals surface area contributed by atoms with Crippen molar-refractivity contribution in [3.05, 3.63) is 39.9 Å². The first-order chi connectivity index (χ1) is 11.6. The first-order valence-electron chi connectivity index (χ1n) is 8.26. The summed E-state index contributed by atoms with van der Waals surface area (Å²) < 4.78 is 6.57. The summed E-state index contributed by atoms with van der Waals surface area (Å²) in [7, 11) is 0. The van der Waals surface area contributed by atoms with E-state index in [9.17, 15) is 9.59 Å². The molecule has 0 spiro atoms. The lowest BCUT2D eigenvalue weighted by Gasteiger charge is -2.30. The van der Waals surface area contributed by atoms with Gasteiger partial charge in [0.2, 0.25) is 5.89 Å². The highest BCUT2D eigenvalue weighted by molar-refractivity contribution is 5.92. The zero-order valence-corrected chi connectivity index (χ0v) is 13.9. The van der Waals surface area contributed by atoms with Crippen molar-refractivity contribution < 1.29 is 9.32 Å². The number of likely N-dealkylation sites (tertiary alicyclic amines) is 1.